The molecule has 1 atom stereocenters. The molecule has 0 aliphatic rings. The zero-order chi connectivity index (χ0) is 10.7. The molecule has 1 unspecified atom stereocenters. The Morgan fingerprint density at radius 3 is 3.00 bits per heavy atom. The predicted octanol–water partition coefficient (Wildman–Crippen LogP) is 3.36. The van der Waals surface area contributed by atoms with Crippen LogP contribution < -0.4 is 5.32 Å². The van der Waals surface area contributed by atoms with E-state index in [0.717, 1.165) is 5.82 Å². The van der Waals surface area contributed by atoms with Gasteiger partial charge in [-0.2, -0.15) is 11.3 Å². The summed E-state index contributed by atoms with van der Waals surface area (Å²) in [6.45, 7) is 2.08. The molecule has 0 spiro atoms. The Hall–Kier alpha value is -1.13. The molecule has 3 nitrogen and oxygen atoms in total. The van der Waals surface area contributed by atoms with Crippen LogP contribution in [0.5, 0.6) is 0 Å². The maximum Gasteiger partial charge on any atom is 0.134 e. The molecule has 1 N–H and O–H groups in total. The minimum absolute atomic E-state index is 0.224. The first-order chi connectivity index (χ1) is 7.25. The Morgan fingerprint density at radius 1 is 1.47 bits per heavy atom. The summed E-state index contributed by atoms with van der Waals surface area (Å²) in [5.74, 6) is 0.744. The molecular formula is C10H10ClN3S. The minimum Gasteiger partial charge on any atom is -0.363 e. The lowest BCUT2D eigenvalue weighted by molar-refractivity contribution is 0.877. The first kappa shape index (κ1) is 10.4. The van der Waals surface area contributed by atoms with Crippen molar-refractivity contribution in [3.8, 4) is 0 Å². The monoisotopic (exact) mass is 239 g/mol. The van der Waals surface area contributed by atoms with Gasteiger partial charge in [0.25, 0.3) is 0 Å². The number of anilines is 1. The van der Waals surface area contributed by atoms with Crippen LogP contribution in [0.3, 0.4) is 0 Å². The van der Waals surface area contributed by atoms with Crippen LogP contribution in [0.4, 0.5) is 5.82 Å². The van der Waals surface area contributed by atoms with Crippen LogP contribution in [0, 0.1) is 0 Å². The quantitative estimate of drug-likeness (QED) is 0.835. The van der Waals surface area contributed by atoms with Crippen LogP contribution in [-0.4, -0.2) is 9.97 Å². The lowest BCUT2D eigenvalue weighted by atomic mass is 10.2. The summed E-state index contributed by atoms with van der Waals surface area (Å²) >= 11 is 7.45. The summed E-state index contributed by atoms with van der Waals surface area (Å²) in [6.07, 6.45) is 1.45. The van der Waals surface area contributed by atoms with Gasteiger partial charge in [0.1, 0.15) is 17.3 Å². The molecular weight excluding hydrogens is 230 g/mol. The highest BCUT2D eigenvalue weighted by Gasteiger charge is 2.06. The largest absolute Gasteiger partial charge is 0.363 e. The second-order valence-electron chi connectivity index (χ2n) is 3.15. The number of hydrogen-bond acceptors (Lipinski definition) is 4. The zero-order valence-electron chi connectivity index (χ0n) is 8.14. The van der Waals surface area contributed by atoms with E-state index < -0.39 is 0 Å². The molecule has 2 aromatic heterocycles. The first-order valence-corrected chi connectivity index (χ1v) is 5.84. The second-order valence-corrected chi connectivity index (χ2v) is 4.32. The van der Waals surface area contributed by atoms with Crippen molar-refractivity contribution in [2.75, 3.05) is 5.32 Å². The highest BCUT2D eigenvalue weighted by molar-refractivity contribution is 7.07. The van der Waals surface area contributed by atoms with E-state index in [2.05, 4.69) is 39.0 Å². The van der Waals surface area contributed by atoms with Crippen LogP contribution in [-0.2, 0) is 0 Å². The Kier molecular flexibility index (Phi) is 3.18. The highest BCUT2D eigenvalue weighted by Crippen LogP contribution is 2.20. The van der Waals surface area contributed by atoms with Crippen molar-refractivity contribution in [1.82, 2.24) is 9.97 Å². The molecule has 15 heavy (non-hydrogen) atoms. The molecule has 2 rings (SSSR count). The maximum absolute atomic E-state index is 5.76. The Morgan fingerprint density at radius 2 is 2.33 bits per heavy atom. The molecule has 5 heteroatoms. The molecule has 0 radical (unpaired) electrons. The van der Waals surface area contributed by atoms with Gasteiger partial charge in [-0.1, -0.05) is 11.6 Å². The molecule has 0 aromatic carbocycles. The average Bonchev–Trinajstić information content (AvgIpc) is 2.70. The minimum atomic E-state index is 0.224. The number of thiophene rings is 1. The third-order valence-corrected chi connectivity index (χ3v) is 2.95. The summed E-state index contributed by atoms with van der Waals surface area (Å²) in [7, 11) is 0. The molecule has 0 fully saturated rings. The van der Waals surface area contributed by atoms with Gasteiger partial charge in [-0.05, 0) is 29.3 Å². The summed E-state index contributed by atoms with van der Waals surface area (Å²) in [5, 5.41) is 7.87. The fourth-order valence-electron chi connectivity index (χ4n) is 1.24. The number of aromatic nitrogens is 2. The summed E-state index contributed by atoms with van der Waals surface area (Å²) in [6, 6.07) is 4.03. The number of nitrogens with zero attached hydrogens (tertiary/aromatic N) is 2. The highest BCUT2D eigenvalue weighted by atomic mass is 35.5. The van der Waals surface area contributed by atoms with E-state index in [-0.39, 0.29) is 6.04 Å². The molecule has 2 aromatic rings. The van der Waals surface area contributed by atoms with Crippen LogP contribution in [0.2, 0.25) is 5.15 Å². The van der Waals surface area contributed by atoms with Gasteiger partial charge in [0.2, 0.25) is 0 Å². The van der Waals surface area contributed by atoms with E-state index in [4.69, 9.17) is 11.6 Å². The Bertz CT molecular complexity index is 430. The van der Waals surface area contributed by atoms with Crippen LogP contribution >= 0.6 is 22.9 Å². The van der Waals surface area contributed by atoms with Crippen molar-refractivity contribution in [2.45, 2.75) is 13.0 Å². The van der Waals surface area contributed by atoms with E-state index in [1.54, 1.807) is 17.4 Å². The SMILES string of the molecule is CC(Nc1cc(Cl)ncn1)c1ccsc1. The first-order valence-electron chi connectivity index (χ1n) is 4.52. The Balaban J connectivity index is 2.09. The topological polar surface area (TPSA) is 37.8 Å². The van der Waals surface area contributed by atoms with E-state index >= 15 is 0 Å². The fourth-order valence-corrected chi connectivity index (χ4v) is 2.14. The molecule has 0 bridgehead atoms. The number of halogens is 1. The van der Waals surface area contributed by atoms with Crippen LogP contribution in [0.25, 0.3) is 0 Å². The van der Waals surface area contributed by atoms with E-state index in [1.165, 1.54) is 11.9 Å². The van der Waals surface area contributed by atoms with Crippen molar-refractivity contribution in [3.05, 3.63) is 39.9 Å². The Labute approximate surface area is 97.2 Å². The second kappa shape index (κ2) is 4.59. The van der Waals surface area contributed by atoms with Gasteiger partial charge >= 0.3 is 0 Å². The molecule has 2 heterocycles. The van der Waals surface area contributed by atoms with Gasteiger partial charge in [-0.3, -0.25) is 0 Å². The smallest absolute Gasteiger partial charge is 0.134 e. The van der Waals surface area contributed by atoms with Gasteiger partial charge in [0.15, 0.2) is 0 Å². The van der Waals surface area contributed by atoms with Crippen molar-refractivity contribution in [2.24, 2.45) is 0 Å². The van der Waals surface area contributed by atoms with Crippen molar-refractivity contribution in [1.29, 1.82) is 0 Å². The molecule has 0 aliphatic heterocycles. The van der Waals surface area contributed by atoms with E-state index in [0.29, 0.717) is 5.15 Å². The summed E-state index contributed by atoms with van der Waals surface area (Å²) < 4.78 is 0. The molecule has 0 saturated heterocycles. The average molecular weight is 240 g/mol. The number of hydrogen-bond donors (Lipinski definition) is 1. The molecule has 0 saturated carbocycles. The lowest BCUT2D eigenvalue weighted by Gasteiger charge is -2.12. The predicted molar refractivity (Wildman–Crippen MR) is 63.4 cm³/mol. The summed E-state index contributed by atoms with van der Waals surface area (Å²) in [5.41, 5.74) is 1.25. The van der Waals surface area contributed by atoms with Crippen LogP contribution in [0.1, 0.15) is 18.5 Å². The van der Waals surface area contributed by atoms with E-state index in [9.17, 15) is 0 Å². The van der Waals surface area contributed by atoms with Crippen LogP contribution in [0.15, 0.2) is 29.2 Å². The fraction of sp³-hybridized carbons (Fsp3) is 0.200. The standard InChI is InChI=1S/C10H10ClN3S/c1-7(8-2-3-15-5-8)14-10-4-9(11)12-6-13-10/h2-7H,1H3,(H,12,13,14). The normalized spacial score (nSPS) is 12.4. The van der Waals surface area contributed by atoms with Crippen molar-refractivity contribution < 1.29 is 0 Å². The maximum atomic E-state index is 5.76. The van der Waals surface area contributed by atoms with Gasteiger partial charge < -0.3 is 5.32 Å². The third kappa shape index (κ3) is 2.67. The van der Waals surface area contributed by atoms with Gasteiger partial charge in [-0.25, -0.2) is 9.97 Å². The van der Waals surface area contributed by atoms with Gasteiger partial charge in [0.05, 0.1) is 6.04 Å². The van der Waals surface area contributed by atoms with Crippen molar-refractivity contribution >= 4 is 28.8 Å². The van der Waals surface area contributed by atoms with Gasteiger partial charge in [-0.15, -0.1) is 0 Å². The molecule has 0 amide bonds. The number of nitrogens with one attached hydrogen (secondary N) is 1. The summed E-state index contributed by atoms with van der Waals surface area (Å²) in [4.78, 5) is 7.91. The molecule has 0 aliphatic carbocycles. The van der Waals surface area contributed by atoms with Crippen molar-refractivity contribution in [3.63, 3.8) is 0 Å². The number of rotatable bonds is 3. The third-order valence-electron chi connectivity index (χ3n) is 2.04. The van der Waals surface area contributed by atoms with Gasteiger partial charge in [0, 0.05) is 6.07 Å². The van der Waals surface area contributed by atoms with E-state index in [1.807, 2.05) is 0 Å². The zero-order valence-corrected chi connectivity index (χ0v) is 9.72. The molecule has 78 valence electrons. The lowest BCUT2D eigenvalue weighted by Crippen LogP contribution is -2.06.